The lowest BCUT2D eigenvalue weighted by Gasteiger charge is -2.01. The van der Waals surface area contributed by atoms with Gasteiger partial charge < -0.3 is 16.8 Å². The topological polar surface area (TPSA) is 81.1 Å². The summed E-state index contributed by atoms with van der Waals surface area (Å²) in [5.74, 6) is -0.193. The number of carbonyl (C=O) groups is 1. The molecule has 0 aliphatic rings. The number of benzene rings is 1. The molecule has 0 aromatic heterocycles. The van der Waals surface area contributed by atoms with Crippen molar-refractivity contribution in [3.8, 4) is 0 Å². The molecule has 5 heteroatoms. The summed E-state index contributed by atoms with van der Waals surface area (Å²) < 4.78 is 0. The highest BCUT2D eigenvalue weighted by atomic mass is 35.5. The van der Waals surface area contributed by atoms with Gasteiger partial charge in [-0.3, -0.25) is 4.79 Å². The molecular weight excluding hydrogens is 238 g/mol. The smallest absolute Gasteiger partial charge is 0.244 e. The lowest BCUT2D eigenvalue weighted by atomic mass is 10.1. The predicted molar refractivity (Wildman–Crippen MR) is 74.8 cm³/mol. The summed E-state index contributed by atoms with van der Waals surface area (Å²) in [6.45, 7) is 3.94. The number of amides is 1. The van der Waals surface area contributed by atoms with Crippen LogP contribution in [0.1, 0.15) is 5.56 Å². The van der Waals surface area contributed by atoms with Gasteiger partial charge in [0.1, 0.15) is 0 Å². The molecule has 0 fully saturated rings. The minimum absolute atomic E-state index is 0. The number of hydrogen-bond donors (Lipinski definition) is 3. The number of nitrogens with one attached hydrogen (secondary N) is 1. The van der Waals surface area contributed by atoms with E-state index in [-0.39, 0.29) is 18.3 Å². The molecule has 1 aromatic carbocycles. The van der Waals surface area contributed by atoms with Gasteiger partial charge in [0.25, 0.3) is 0 Å². The number of rotatable bonds is 4. The molecule has 0 heterocycles. The highest BCUT2D eigenvalue weighted by Gasteiger charge is 1.97. The Kier molecular flexibility index (Phi) is 6.51. The summed E-state index contributed by atoms with van der Waals surface area (Å²) in [5, 5.41) is 2.62. The van der Waals surface area contributed by atoms with Crippen LogP contribution in [0.4, 0.5) is 11.4 Å². The molecule has 5 N–H and O–H groups in total. The fourth-order valence-electron chi connectivity index (χ4n) is 1.13. The van der Waals surface area contributed by atoms with Crippen LogP contribution >= 0.6 is 12.4 Å². The summed E-state index contributed by atoms with van der Waals surface area (Å²) in [7, 11) is 0. The van der Waals surface area contributed by atoms with Crippen LogP contribution in [0.25, 0.3) is 6.08 Å². The van der Waals surface area contributed by atoms with Gasteiger partial charge in [0.05, 0.1) is 0 Å². The van der Waals surface area contributed by atoms with Gasteiger partial charge in [-0.05, 0) is 29.8 Å². The van der Waals surface area contributed by atoms with Crippen molar-refractivity contribution in [1.29, 1.82) is 0 Å². The van der Waals surface area contributed by atoms with Gasteiger partial charge in [0.15, 0.2) is 0 Å². The van der Waals surface area contributed by atoms with E-state index in [1.54, 1.807) is 30.4 Å². The molecule has 92 valence electrons. The van der Waals surface area contributed by atoms with Crippen LogP contribution in [-0.4, -0.2) is 12.5 Å². The Morgan fingerprint density at radius 3 is 2.76 bits per heavy atom. The Morgan fingerprint density at radius 1 is 1.41 bits per heavy atom. The second kappa shape index (κ2) is 7.35. The molecule has 17 heavy (non-hydrogen) atoms. The first-order valence-electron chi connectivity index (χ1n) is 4.85. The largest absolute Gasteiger partial charge is 0.399 e. The fraction of sp³-hybridized carbons (Fsp3) is 0.0833. The first kappa shape index (κ1) is 15.1. The maximum Gasteiger partial charge on any atom is 0.244 e. The van der Waals surface area contributed by atoms with Crippen molar-refractivity contribution in [3.05, 3.63) is 42.5 Å². The summed E-state index contributed by atoms with van der Waals surface area (Å²) in [6, 6.07) is 5.13. The third-order valence-electron chi connectivity index (χ3n) is 1.95. The Hall–Kier alpha value is -1.94. The third kappa shape index (κ3) is 5.08. The number of halogens is 1. The van der Waals surface area contributed by atoms with E-state index in [4.69, 9.17) is 11.5 Å². The molecule has 4 nitrogen and oxygen atoms in total. The minimum Gasteiger partial charge on any atom is -0.399 e. The van der Waals surface area contributed by atoms with Crippen molar-refractivity contribution in [2.45, 2.75) is 0 Å². The Morgan fingerprint density at radius 2 is 2.12 bits per heavy atom. The van der Waals surface area contributed by atoms with Gasteiger partial charge in [-0.25, -0.2) is 0 Å². The van der Waals surface area contributed by atoms with Crippen LogP contribution in [0.3, 0.4) is 0 Å². The van der Waals surface area contributed by atoms with Crippen molar-refractivity contribution < 1.29 is 4.79 Å². The van der Waals surface area contributed by atoms with Crippen molar-refractivity contribution in [2.75, 3.05) is 18.0 Å². The molecular formula is C12H16ClN3O. The van der Waals surface area contributed by atoms with Crippen LogP contribution in [0.15, 0.2) is 36.9 Å². The maximum absolute atomic E-state index is 11.3. The molecule has 1 aromatic rings. The summed E-state index contributed by atoms with van der Waals surface area (Å²) in [4.78, 5) is 11.3. The summed E-state index contributed by atoms with van der Waals surface area (Å²) in [5.41, 5.74) is 13.3. The quantitative estimate of drug-likeness (QED) is 0.433. The van der Waals surface area contributed by atoms with Crippen molar-refractivity contribution in [1.82, 2.24) is 5.32 Å². The van der Waals surface area contributed by atoms with E-state index in [9.17, 15) is 4.79 Å². The summed E-state index contributed by atoms with van der Waals surface area (Å²) >= 11 is 0. The van der Waals surface area contributed by atoms with E-state index in [1.165, 1.54) is 6.08 Å². The fourth-order valence-corrected chi connectivity index (χ4v) is 1.13. The first-order chi connectivity index (χ1) is 7.63. The van der Waals surface area contributed by atoms with Gasteiger partial charge in [0, 0.05) is 24.0 Å². The van der Waals surface area contributed by atoms with Gasteiger partial charge in [-0.15, -0.1) is 19.0 Å². The van der Waals surface area contributed by atoms with Crippen LogP contribution < -0.4 is 16.8 Å². The van der Waals surface area contributed by atoms with Crippen molar-refractivity contribution in [2.24, 2.45) is 0 Å². The van der Waals surface area contributed by atoms with E-state index in [0.717, 1.165) is 5.56 Å². The highest BCUT2D eigenvalue weighted by Crippen LogP contribution is 2.16. The average molecular weight is 254 g/mol. The zero-order valence-corrected chi connectivity index (χ0v) is 10.2. The molecule has 1 rings (SSSR count). The Bertz CT molecular complexity index is 430. The lowest BCUT2D eigenvalue weighted by Crippen LogP contribution is -2.20. The van der Waals surface area contributed by atoms with E-state index in [1.807, 2.05) is 0 Å². The van der Waals surface area contributed by atoms with Gasteiger partial charge in [0.2, 0.25) is 5.91 Å². The van der Waals surface area contributed by atoms with Crippen LogP contribution in [0.5, 0.6) is 0 Å². The minimum atomic E-state index is -0.193. The standard InChI is InChI=1S/C12H15N3O.ClH/c1-2-7-15-12(16)6-3-9-8-10(13)4-5-11(9)14;/h2-6,8H,1,7,13-14H2,(H,15,16);1H/b6-3+;. The molecule has 0 saturated heterocycles. The van der Waals surface area contributed by atoms with E-state index >= 15 is 0 Å². The molecule has 0 unspecified atom stereocenters. The molecule has 0 saturated carbocycles. The number of anilines is 2. The molecule has 0 spiro atoms. The predicted octanol–water partition coefficient (Wildman–Crippen LogP) is 1.59. The SMILES string of the molecule is C=CCNC(=O)/C=C/c1cc(N)ccc1N.Cl. The van der Waals surface area contributed by atoms with Crippen LogP contribution in [-0.2, 0) is 4.79 Å². The zero-order valence-electron chi connectivity index (χ0n) is 9.35. The maximum atomic E-state index is 11.3. The van der Waals surface area contributed by atoms with Crippen molar-refractivity contribution >= 4 is 35.8 Å². The molecule has 1 amide bonds. The Labute approximate surface area is 107 Å². The summed E-state index contributed by atoms with van der Waals surface area (Å²) in [6.07, 6.45) is 4.65. The lowest BCUT2D eigenvalue weighted by molar-refractivity contribution is -0.116. The molecule has 0 bridgehead atoms. The average Bonchev–Trinajstić information content (AvgIpc) is 2.27. The van der Waals surface area contributed by atoms with E-state index < -0.39 is 0 Å². The monoisotopic (exact) mass is 253 g/mol. The second-order valence-electron chi connectivity index (χ2n) is 3.26. The normalized spacial score (nSPS) is 9.65. The van der Waals surface area contributed by atoms with Crippen LogP contribution in [0.2, 0.25) is 0 Å². The molecule has 0 aliphatic carbocycles. The molecule has 0 aliphatic heterocycles. The van der Waals surface area contributed by atoms with Gasteiger partial charge >= 0.3 is 0 Å². The number of nitrogen functional groups attached to an aromatic ring is 2. The van der Waals surface area contributed by atoms with Gasteiger partial charge in [-0.1, -0.05) is 6.08 Å². The molecule has 0 radical (unpaired) electrons. The third-order valence-corrected chi connectivity index (χ3v) is 1.95. The number of nitrogens with two attached hydrogens (primary N) is 2. The molecule has 0 atom stereocenters. The number of carbonyl (C=O) groups excluding carboxylic acids is 1. The van der Waals surface area contributed by atoms with Gasteiger partial charge in [-0.2, -0.15) is 0 Å². The Balaban J connectivity index is 0.00000256. The number of hydrogen-bond acceptors (Lipinski definition) is 3. The van der Waals surface area contributed by atoms with Crippen molar-refractivity contribution in [3.63, 3.8) is 0 Å². The highest BCUT2D eigenvalue weighted by molar-refractivity contribution is 5.92. The first-order valence-corrected chi connectivity index (χ1v) is 4.85. The second-order valence-corrected chi connectivity index (χ2v) is 3.26. The van der Waals surface area contributed by atoms with E-state index in [0.29, 0.717) is 17.9 Å². The van der Waals surface area contributed by atoms with E-state index in [2.05, 4.69) is 11.9 Å². The van der Waals surface area contributed by atoms with Crippen LogP contribution in [0, 0.1) is 0 Å². The zero-order chi connectivity index (χ0) is 12.0.